The predicted octanol–water partition coefficient (Wildman–Crippen LogP) is 15.4. The smallest absolute Gasteiger partial charge is 0.359 e. The quantitative estimate of drug-likeness (QED) is 0.149. The average molecular weight is 1080 g/mol. The van der Waals surface area contributed by atoms with E-state index in [1.54, 1.807) is 0 Å². The Hall–Kier alpha value is -6.55. The zero-order valence-electron chi connectivity index (χ0n) is 41.3. The number of para-hydroxylation sites is 3. The Morgan fingerprint density at radius 1 is 0.638 bits per heavy atom. The SMILES string of the molecule is Cc1cc(C2=N[C@H](C(c3ccccc3)c3ccccc3)C(C)(C)N2c2c(C)cccc2C)[c-]c(N2c3[c-]c4c(cc3C(C)(C)c3ccccc32)c2ccccc2n4-c2cc(C(C)(C)C)ccn2)c1.[Pt+2]. The number of hydrogen-bond donors (Lipinski definition) is 0. The molecule has 9 aromatic rings. The van der Waals surface area contributed by atoms with Gasteiger partial charge < -0.3 is 19.4 Å². The Bertz CT molecular complexity index is 3390. The van der Waals surface area contributed by atoms with E-state index in [9.17, 15) is 0 Å². The van der Waals surface area contributed by atoms with Crippen molar-refractivity contribution in [1.82, 2.24) is 9.55 Å². The van der Waals surface area contributed by atoms with Crippen LogP contribution in [0.1, 0.15) is 104 Å². The number of aliphatic imine (C=N–C) groups is 1. The van der Waals surface area contributed by atoms with Crippen molar-refractivity contribution in [3.05, 3.63) is 226 Å². The van der Waals surface area contributed by atoms with Gasteiger partial charge in [-0.25, -0.2) is 4.98 Å². The van der Waals surface area contributed by atoms with Crippen LogP contribution in [-0.2, 0) is 31.9 Å². The molecule has 0 aliphatic carbocycles. The standard InChI is InChI=1S/C63H59N5.Pt/c1-40-34-45(60-65-59(63(9,10)68(60)58-41(2)22-21-23-42(58)3)57(43-24-13-11-14-25-43)44-26-15-12-16-27-44)36-47(35-40)66-53-31-20-18-29-50(53)62(7,8)51-38-49-48-28-17-19-30-52(48)67(54(49)39-55(51)66)56-37-46(32-33-64-56)61(4,5)6;/h11-35,37-38,57,59H,1-10H3;/q-2;+2/t59-;/m1./s1. The molecule has 69 heavy (non-hydrogen) atoms. The van der Waals surface area contributed by atoms with Crippen molar-refractivity contribution in [2.24, 2.45) is 4.99 Å². The van der Waals surface area contributed by atoms with Crippen LogP contribution in [-0.4, -0.2) is 27.0 Å². The number of aryl methyl sites for hydroxylation is 3. The Balaban J connectivity index is 0.00000553. The minimum atomic E-state index is -0.445. The second-order valence-electron chi connectivity index (χ2n) is 21.2. The Morgan fingerprint density at radius 3 is 1.96 bits per heavy atom. The van der Waals surface area contributed by atoms with Gasteiger partial charge in [0.25, 0.3) is 0 Å². The number of amidine groups is 1. The first-order valence-corrected chi connectivity index (χ1v) is 24.1. The molecule has 0 saturated heterocycles. The predicted molar refractivity (Wildman–Crippen MR) is 284 cm³/mol. The van der Waals surface area contributed by atoms with Crippen molar-refractivity contribution in [1.29, 1.82) is 0 Å². The van der Waals surface area contributed by atoms with E-state index in [0.717, 1.165) is 56.3 Å². The zero-order chi connectivity index (χ0) is 47.3. The van der Waals surface area contributed by atoms with Crippen LogP contribution >= 0.6 is 0 Å². The maximum atomic E-state index is 5.95. The molecule has 0 amide bonds. The van der Waals surface area contributed by atoms with Crippen LogP contribution in [0.15, 0.2) is 169 Å². The molecular weight excluding hydrogens is 1020 g/mol. The van der Waals surface area contributed by atoms with Crippen molar-refractivity contribution in [3.8, 4) is 5.82 Å². The largest absolute Gasteiger partial charge is 2.00 e. The van der Waals surface area contributed by atoms with Crippen molar-refractivity contribution in [3.63, 3.8) is 0 Å². The molecule has 0 radical (unpaired) electrons. The van der Waals surface area contributed by atoms with Crippen molar-refractivity contribution >= 4 is 50.4 Å². The molecule has 11 rings (SSSR count). The zero-order valence-corrected chi connectivity index (χ0v) is 43.6. The molecule has 0 saturated carbocycles. The number of hydrogen-bond acceptors (Lipinski definition) is 4. The maximum absolute atomic E-state index is 5.95. The molecular formula is C63H59N5Pt. The van der Waals surface area contributed by atoms with Crippen LogP contribution in [0.3, 0.4) is 0 Å². The minimum Gasteiger partial charge on any atom is -0.359 e. The van der Waals surface area contributed by atoms with Gasteiger partial charge in [-0.1, -0.05) is 168 Å². The van der Waals surface area contributed by atoms with Gasteiger partial charge in [-0.05, 0) is 107 Å². The van der Waals surface area contributed by atoms with Gasteiger partial charge in [-0.15, -0.1) is 46.3 Å². The molecule has 7 aromatic carbocycles. The molecule has 4 heterocycles. The fourth-order valence-corrected chi connectivity index (χ4v) is 11.3. The summed E-state index contributed by atoms with van der Waals surface area (Å²) < 4.78 is 2.31. The summed E-state index contributed by atoms with van der Waals surface area (Å²) in [6.07, 6.45) is 1.95. The average Bonchev–Trinajstić information content (AvgIpc) is 3.79. The van der Waals surface area contributed by atoms with Gasteiger partial charge >= 0.3 is 21.1 Å². The van der Waals surface area contributed by atoms with Crippen LogP contribution in [0.25, 0.3) is 27.6 Å². The van der Waals surface area contributed by atoms with E-state index in [2.05, 4.69) is 253 Å². The van der Waals surface area contributed by atoms with Crippen LogP contribution < -0.4 is 9.80 Å². The van der Waals surface area contributed by atoms with E-state index in [0.29, 0.717) is 0 Å². The van der Waals surface area contributed by atoms with E-state index >= 15 is 0 Å². The van der Waals surface area contributed by atoms with Gasteiger partial charge in [-0.3, -0.25) is 0 Å². The van der Waals surface area contributed by atoms with E-state index < -0.39 is 5.54 Å². The van der Waals surface area contributed by atoms with Crippen LogP contribution in [0.2, 0.25) is 0 Å². The van der Waals surface area contributed by atoms with Crippen molar-refractivity contribution in [2.75, 3.05) is 9.80 Å². The number of pyridine rings is 1. The normalized spacial score (nSPS) is 16.1. The summed E-state index contributed by atoms with van der Waals surface area (Å²) in [5.74, 6) is 1.82. The summed E-state index contributed by atoms with van der Waals surface area (Å²) in [6, 6.07) is 65.5. The van der Waals surface area contributed by atoms with Crippen molar-refractivity contribution < 1.29 is 21.1 Å². The third kappa shape index (κ3) is 7.56. The van der Waals surface area contributed by atoms with Crippen LogP contribution in [0.4, 0.5) is 22.7 Å². The summed E-state index contributed by atoms with van der Waals surface area (Å²) in [6.45, 7) is 22.9. The molecule has 0 spiro atoms. The minimum absolute atomic E-state index is 0. The summed E-state index contributed by atoms with van der Waals surface area (Å²) >= 11 is 0. The van der Waals surface area contributed by atoms with Gasteiger partial charge in [-0.2, -0.15) is 6.07 Å². The third-order valence-electron chi connectivity index (χ3n) is 14.8. The van der Waals surface area contributed by atoms with E-state index in [-0.39, 0.29) is 43.9 Å². The fourth-order valence-electron chi connectivity index (χ4n) is 11.3. The molecule has 5 nitrogen and oxygen atoms in total. The third-order valence-corrected chi connectivity index (χ3v) is 14.8. The second kappa shape index (κ2) is 17.1. The maximum Gasteiger partial charge on any atom is 2.00 e. The molecule has 0 N–H and O–H groups in total. The fraction of sp³-hybridized carbons (Fsp3) is 0.238. The van der Waals surface area contributed by atoms with Gasteiger partial charge in [0.2, 0.25) is 0 Å². The first-order chi connectivity index (χ1) is 32.6. The van der Waals surface area contributed by atoms with E-state index in [4.69, 9.17) is 9.98 Å². The summed E-state index contributed by atoms with van der Waals surface area (Å²) in [5.41, 5.74) is 16.3. The number of fused-ring (bicyclic) bond motifs is 5. The van der Waals surface area contributed by atoms with E-state index in [1.165, 1.54) is 50.0 Å². The number of aromatic nitrogens is 2. The number of benzene rings is 7. The summed E-state index contributed by atoms with van der Waals surface area (Å²) in [7, 11) is 0. The molecule has 346 valence electrons. The first-order valence-electron chi connectivity index (χ1n) is 24.1. The molecule has 1 atom stereocenters. The van der Waals surface area contributed by atoms with Gasteiger partial charge in [0.05, 0.1) is 17.4 Å². The van der Waals surface area contributed by atoms with Crippen LogP contribution in [0.5, 0.6) is 0 Å². The number of anilines is 4. The summed E-state index contributed by atoms with van der Waals surface area (Å²) in [4.78, 5) is 15.9. The Labute approximate surface area is 422 Å². The first kappa shape index (κ1) is 46.2. The van der Waals surface area contributed by atoms with Gasteiger partial charge in [0.1, 0.15) is 5.82 Å². The molecule has 2 aliphatic rings. The van der Waals surface area contributed by atoms with Crippen molar-refractivity contribution in [2.45, 2.75) is 97.6 Å². The van der Waals surface area contributed by atoms with Gasteiger partial charge in [0.15, 0.2) is 0 Å². The number of nitrogens with zero attached hydrogens (tertiary/aromatic N) is 5. The van der Waals surface area contributed by atoms with E-state index in [1.807, 2.05) is 6.20 Å². The molecule has 0 unspecified atom stereocenters. The molecule has 6 heteroatoms. The molecule has 0 fully saturated rings. The second-order valence-corrected chi connectivity index (χ2v) is 21.2. The van der Waals surface area contributed by atoms with Gasteiger partial charge in [0, 0.05) is 29.0 Å². The monoisotopic (exact) mass is 1080 g/mol. The Kier molecular flexibility index (Phi) is 11.5. The summed E-state index contributed by atoms with van der Waals surface area (Å²) in [5, 5.41) is 2.34. The Morgan fingerprint density at radius 2 is 1.28 bits per heavy atom. The topological polar surface area (TPSA) is 36.7 Å². The molecule has 0 bridgehead atoms. The van der Waals surface area contributed by atoms with Crippen LogP contribution in [0, 0.1) is 32.9 Å². The molecule has 2 aliphatic heterocycles. The number of rotatable bonds is 7. The molecule has 2 aromatic heterocycles.